The van der Waals surface area contributed by atoms with Gasteiger partial charge in [-0.3, -0.25) is 14.9 Å². The number of nitrogens with zero attached hydrogens (tertiary/aromatic N) is 1. The number of amides is 1. The maximum Gasteiger partial charge on any atom is 0.269 e. The zero-order valence-electron chi connectivity index (χ0n) is 16.8. The van der Waals surface area contributed by atoms with Gasteiger partial charge in [0, 0.05) is 38.3 Å². The van der Waals surface area contributed by atoms with Gasteiger partial charge >= 0.3 is 0 Å². The number of para-hydroxylation sites is 1. The lowest BCUT2D eigenvalue weighted by molar-refractivity contribution is -0.384. The molecule has 2 aromatic carbocycles. The molecule has 2 aliphatic rings. The van der Waals surface area contributed by atoms with Crippen LogP contribution in [0.15, 0.2) is 54.6 Å². The molecule has 4 rings (SSSR count). The first kappa shape index (κ1) is 20.1. The fraction of sp³-hybridized carbons (Fsp3) is 0.348. The van der Waals surface area contributed by atoms with Crippen molar-refractivity contribution < 1.29 is 14.5 Å². The largest absolute Gasteiger partial charge is 0.385 e. The van der Waals surface area contributed by atoms with Crippen LogP contribution in [0.5, 0.6) is 0 Å². The number of carbonyl (C=O) groups excluding carboxylic acids is 1. The number of anilines is 1. The average Bonchev–Trinajstić information content (AvgIpc) is 3.26. The number of allylic oxidation sites excluding steroid dienone is 2. The molecule has 7 heteroatoms. The van der Waals surface area contributed by atoms with Crippen molar-refractivity contribution >= 4 is 17.3 Å². The van der Waals surface area contributed by atoms with E-state index in [2.05, 4.69) is 28.9 Å². The van der Waals surface area contributed by atoms with E-state index in [-0.39, 0.29) is 28.5 Å². The highest BCUT2D eigenvalue weighted by Gasteiger charge is 2.39. The summed E-state index contributed by atoms with van der Waals surface area (Å²) in [5.41, 5.74) is 3.65. The molecule has 3 unspecified atom stereocenters. The topological polar surface area (TPSA) is 93.5 Å². The summed E-state index contributed by atoms with van der Waals surface area (Å²) < 4.78 is 5.04. The van der Waals surface area contributed by atoms with Crippen molar-refractivity contribution in [2.75, 3.05) is 25.6 Å². The molecule has 1 heterocycles. The first-order valence-corrected chi connectivity index (χ1v) is 10.2. The van der Waals surface area contributed by atoms with Gasteiger partial charge in [0.25, 0.3) is 11.6 Å². The molecule has 1 aliphatic heterocycles. The SMILES string of the molecule is COCCCNC(=O)c1cccc2c1NC(c1ccc([N+](=O)[O-])cc1)C1CC=CC21. The molecule has 3 atom stereocenters. The number of benzene rings is 2. The van der Waals surface area contributed by atoms with Crippen LogP contribution in [-0.4, -0.2) is 31.1 Å². The number of rotatable bonds is 7. The van der Waals surface area contributed by atoms with Gasteiger partial charge in [-0.25, -0.2) is 0 Å². The molecular formula is C23H25N3O4. The fourth-order valence-corrected chi connectivity index (χ4v) is 4.46. The van der Waals surface area contributed by atoms with E-state index in [0.29, 0.717) is 24.6 Å². The zero-order chi connectivity index (χ0) is 21.1. The third-order valence-corrected chi connectivity index (χ3v) is 5.92. The summed E-state index contributed by atoms with van der Waals surface area (Å²) in [5.74, 6) is 0.403. The van der Waals surface area contributed by atoms with E-state index in [1.165, 1.54) is 0 Å². The number of hydrogen-bond donors (Lipinski definition) is 2. The normalized spacial score (nSPS) is 21.4. The maximum absolute atomic E-state index is 12.8. The van der Waals surface area contributed by atoms with Crippen molar-refractivity contribution in [3.8, 4) is 0 Å². The minimum absolute atomic E-state index is 0.0271. The van der Waals surface area contributed by atoms with Crippen molar-refractivity contribution in [1.29, 1.82) is 0 Å². The Hall–Kier alpha value is -3.19. The van der Waals surface area contributed by atoms with E-state index in [0.717, 1.165) is 29.7 Å². The molecular weight excluding hydrogens is 382 g/mol. The lowest BCUT2D eigenvalue weighted by Gasteiger charge is -2.38. The molecule has 1 amide bonds. The summed E-state index contributed by atoms with van der Waals surface area (Å²) in [4.78, 5) is 23.5. The van der Waals surface area contributed by atoms with Crippen LogP contribution in [-0.2, 0) is 4.74 Å². The van der Waals surface area contributed by atoms with Crippen LogP contribution >= 0.6 is 0 Å². The zero-order valence-corrected chi connectivity index (χ0v) is 16.8. The van der Waals surface area contributed by atoms with Crippen molar-refractivity contribution in [3.63, 3.8) is 0 Å². The third kappa shape index (κ3) is 3.80. The summed E-state index contributed by atoms with van der Waals surface area (Å²) in [7, 11) is 1.64. The summed E-state index contributed by atoms with van der Waals surface area (Å²) >= 11 is 0. The Bertz CT molecular complexity index is 971. The Morgan fingerprint density at radius 1 is 1.27 bits per heavy atom. The molecule has 0 radical (unpaired) electrons. The molecule has 0 bridgehead atoms. The highest BCUT2D eigenvalue weighted by atomic mass is 16.6. The van der Waals surface area contributed by atoms with Crippen molar-refractivity contribution in [1.82, 2.24) is 5.32 Å². The number of nitrogens with one attached hydrogen (secondary N) is 2. The summed E-state index contributed by atoms with van der Waals surface area (Å²) in [6, 6.07) is 12.5. The number of methoxy groups -OCH3 is 1. The van der Waals surface area contributed by atoms with E-state index < -0.39 is 0 Å². The lowest BCUT2D eigenvalue weighted by atomic mass is 9.76. The highest BCUT2D eigenvalue weighted by Crippen LogP contribution is 2.50. The third-order valence-electron chi connectivity index (χ3n) is 5.92. The van der Waals surface area contributed by atoms with E-state index in [1.54, 1.807) is 19.2 Å². The van der Waals surface area contributed by atoms with Gasteiger partial charge in [0.05, 0.1) is 22.2 Å². The summed E-state index contributed by atoms with van der Waals surface area (Å²) in [6.07, 6.45) is 6.07. The molecule has 2 aromatic rings. The number of carbonyl (C=O) groups is 1. The van der Waals surface area contributed by atoms with E-state index in [4.69, 9.17) is 4.74 Å². The first-order valence-electron chi connectivity index (χ1n) is 10.2. The number of ether oxygens (including phenoxy) is 1. The molecule has 7 nitrogen and oxygen atoms in total. The number of nitro benzene ring substituents is 1. The lowest BCUT2D eigenvalue weighted by Crippen LogP contribution is -2.32. The van der Waals surface area contributed by atoms with Gasteiger partial charge in [0.1, 0.15) is 0 Å². The van der Waals surface area contributed by atoms with Gasteiger partial charge < -0.3 is 15.4 Å². The highest BCUT2D eigenvalue weighted by molar-refractivity contribution is 6.00. The Morgan fingerprint density at radius 2 is 2.07 bits per heavy atom. The molecule has 0 saturated heterocycles. The minimum atomic E-state index is -0.390. The van der Waals surface area contributed by atoms with E-state index in [9.17, 15) is 14.9 Å². The van der Waals surface area contributed by atoms with Crippen LogP contribution in [0.3, 0.4) is 0 Å². The van der Waals surface area contributed by atoms with Crippen LogP contribution in [0.4, 0.5) is 11.4 Å². The van der Waals surface area contributed by atoms with Crippen LogP contribution < -0.4 is 10.6 Å². The Morgan fingerprint density at radius 3 is 2.80 bits per heavy atom. The Balaban J connectivity index is 1.64. The molecule has 2 N–H and O–H groups in total. The molecule has 156 valence electrons. The van der Waals surface area contributed by atoms with Gasteiger partial charge in [-0.2, -0.15) is 0 Å². The molecule has 30 heavy (non-hydrogen) atoms. The predicted octanol–water partition coefficient (Wildman–Crippen LogP) is 4.19. The molecule has 1 aliphatic carbocycles. The average molecular weight is 407 g/mol. The molecule has 0 aromatic heterocycles. The second-order valence-corrected chi connectivity index (χ2v) is 7.70. The second-order valence-electron chi connectivity index (χ2n) is 7.70. The molecule has 0 spiro atoms. The van der Waals surface area contributed by atoms with Crippen LogP contribution in [0.25, 0.3) is 0 Å². The summed E-state index contributed by atoms with van der Waals surface area (Å²) in [6.45, 7) is 1.15. The standard InChI is InChI=1S/C23H25N3O4/c1-30-14-4-13-24-23(27)20-8-3-7-19-17-5-2-6-18(17)21(25-22(19)20)15-9-11-16(12-10-15)26(28)29/h2-3,5,7-12,17-18,21,25H,4,6,13-14H2,1H3,(H,24,27). The minimum Gasteiger partial charge on any atom is -0.385 e. The Labute approximate surface area is 175 Å². The van der Waals surface area contributed by atoms with Crippen molar-refractivity contribution in [3.05, 3.63) is 81.4 Å². The van der Waals surface area contributed by atoms with Crippen LogP contribution in [0.1, 0.15) is 46.3 Å². The summed E-state index contributed by atoms with van der Waals surface area (Å²) in [5, 5.41) is 17.6. The van der Waals surface area contributed by atoms with Crippen LogP contribution in [0.2, 0.25) is 0 Å². The van der Waals surface area contributed by atoms with E-state index in [1.807, 2.05) is 24.3 Å². The van der Waals surface area contributed by atoms with Gasteiger partial charge in [-0.05, 0) is 36.0 Å². The van der Waals surface area contributed by atoms with E-state index >= 15 is 0 Å². The van der Waals surface area contributed by atoms with Crippen LogP contribution in [0, 0.1) is 16.0 Å². The maximum atomic E-state index is 12.8. The number of fused-ring (bicyclic) bond motifs is 3. The Kier molecular flexibility index (Phi) is 5.81. The smallest absolute Gasteiger partial charge is 0.269 e. The van der Waals surface area contributed by atoms with Gasteiger partial charge in [0.15, 0.2) is 0 Å². The van der Waals surface area contributed by atoms with Gasteiger partial charge in [-0.15, -0.1) is 0 Å². The molecule has 0 saturated carbocycles. The first-order chi connectivity index (χ1) is 14.6. The number of hydrogen-bond acceptors (Lipinski definition) is 5. The molecule has 0 fully saturated rings. The number of nitro groups is 1. The van der Waals surface area contributed by atoms with Crippen molar-refractivity contribution in [2.24, 2.45) is 5.92 Å². The fourth-order valence-electron chi connectivity index (χ4n) is 4.46. The van der Waals surface area contributed by atoms with Crippen molar-refractivity contribution in [2.45, 2.75) is 24.8 Å². The van der Waals surface area contributed by atoms with Gasteiger partial charge in [0.2, 0.25) is 0 Å². The van der Waals surface area contributed by atoms with Gasteiger partial charge in [-0.1, -0.05) is 36.4 Å². The monoisotopic (exact) mass is 407 g/mol. The second kappa shape index (κ2) is 8.67. The predicted molar refractivity (Wildman–Crippen MR) is 115 cm³/mol. The quantitative estimate of drug-likeness (QED) is 0.311. The number of non-ortho nitro benzene ring substituents is 1.